The predicted molar refractivity (Wildman–Crippen MR) is 63.2 cm³/mol. The summed E-state index contributed by atoms with van der Waals surface area (Å²) in [5.74, 6) is -1.06. The summed E-state index contributed by atoms with van der Waals surface area (Å²) in [4.78, 5) is 27.8. The zero-order chi connectivity index (χ0) is 12.5. The Balaban J connectivity index is 2.59. The van der Waals surface area contributed by atoms with Gasteiger partial charge in [0.2, 0.25) is 11.9 Å². The van der Waals surface area contributed by atoms with Crippen LogP contribution in [0.5, 0.6) is 0 Å². The minimum Gasteiger partial charge on any atom is -0.369 e. The van der Waals surface area contributed by atoms with Crippen molar-refractivity contribution < 1.29 is 9.59 Å². The van der Waals surface area contributed by atoms with E-state index in [-0.39, 0.29) is 5.96 Å². The van der Waals surface area contributed by atoms with E-state index in [1.165, 1.54) is 0 Å². The van der Waals surface area contributed by atoms with Crippen LogP contribution < -0.4 is 11.1 Å². The molecule has 0 fully saturated rings. The Morgan fingerprint density at radius 1 is 1.29 bits per heavy atom. The smallest absolute Gasteiger partial charge is 0.269 e. The number of carbonyl (C=O) groups excluding carboxylic acids is 2. The maximum absolute atomic E-state index is 12.1. The van der Waals surface area contributed by atoms with Gasteiger partial charge in [-0.2, -0.15) is 4.99 Å². The third-order valence-corrected chi connectivity index (χ3v) is 3.01. The van der Waals surface area contributed by atoms with Crippen LogP contribution in [-0.4, -0.2) is 17.8 Å². The lowest BCUT2D eigenvalue weighted by atomic mass is 9.76. The van der Waals surface area contributed by atoms with E-state index in [9.17, 15) is 9.59 Å². The molecule has 1 aromatic carbocycles. The van der Waals surface area contributed by atoms with Crippen molar-refractivity contribution in [3.63, 3.8) is 0 Å². The maximum atomic E-state index is 12.1. The van der Waals surface area contributed by atoms with E-state index >= 15 is 0 Å². The highest BCUT2D eigenvalue weighted by Gasteiger charge is 2.48. The Morgan fingerprint density at radius 2 is 1.94 bits per heavy atom. The molecule has 1 aliphatic rings. The molecular weight excluding hydrogens is 218 g/mol. The van der Waals surface area contributed by atoms with Crippen LogP contribution in [0.2, 0.25) is 0 Å². The molecule has 5 heteroatoms. The molecule has 0 aromatic heterocycles. The number of nitrogens with two attached hydrogens (primary N) is 1. The average molecular weight is 231 g/mol. The molecule has 0 aliphatic carbocycles. The van der Waals surface area contributed by atoms with Gasteiger partial charge in [0, 0.05) is 0 Å². The molecule has 0 saturated heterocycles. The van der Waals surface area contributed by atoms with E-state index < -0.39 is 17.2 Å². The molecule has 1 heterocycles. The van der Waals surface area contributed by atoms with Crippen molar-refractivity contribution >= 4 is 17.8 Å². The molecule has 1 atom stereocenters. The first-order valence-corrected chi connectivity index (χ1v) is 5.37. The minimum atomic E-state index is -1.25. The van der Waals surface area contributed by atoms with E-state index in [2.05, 4.69) is 10.3 Å². The highest BCUT2D eigenvalue weighted by molar-refractivity contribution is 6.21. The zero-order valence-electron chi connectivity index (χ0n) is 9.43. The lowest BCUT2D eigenvalue weighted by Crippen LogP contribution is -2.57. The lowest BCUT2D eigenvalue weighted by Gasteiger charge is -2.31. The summed E-state index contributed by atoms with van der Waals surface area (Å²) in [6.45, 7) is 1.78. The fourth-order valence-electron chi connectivity index (χ4n) is 2.05. The van der Waals surface area contributed by atoms with Gasteiger partial charge in [-0.25, -0.2) is 0 Å². The number of amides is 2. The first-order valence-electron chi connectivity index (χ1n) is 5.37. The van der Waals surface area contributed by atoms with Gasteiger partial charge in [-0.05, 0) is 12.0 Å². The predicted octanol–water partition coefficient (Wildman–Crippen LogP) is 0.306. The number of hydrogen-bond acceptors (Lipinski definition) is 3. The monoisotopic (exact) mass is 231 g/mol. The molecule has 3 N–H and O–H groups in total. The lowest BCUT2D eigenvalue weighted by molar-refractivity contribution is -0.136. The van der Waals surface area contributed by atoms with Gasteiger partial charge < -0.3 is 5.73 Å². The Morgan fingerprint density at radius 3 is 2.47 bits per heavy atom. The van der Waals surface area contributed by atoms with Crippen LogP contribution in [0.25, 0.3) is 0 Å². The van der Waals surface area contributed by atoms with Crippen molar-refractivity contribution in [1.82, 2.24) is 5.32 Å². The molecule has 2 amide bonds. The molecule has 17 heavy (non-hydrogen) atoms. The van der Waals surface area contributed by atoms with Crippen molar-refractivity contribution in [3.8, 4) is 0 Å². The third-order valence-electron chi connectivity index (χ3n) is 3.01. The molecule has 0 radical (unpaired) electrons. The molecule has 2 rings (SSSR count). The van der Waals surface area contributed by atoms with Crippen LogP contribution in [0.1, 0.15) is 18.9 Å². The number of guanidine groups is 1. The van der Waals surface area contributed by atoms with Crippen molar-refractivity contribution in [2.75, 3.05) is 0 Å². The first kappa shape index (κ1) is 11.3. The maximum Gasteiger partial charge on any atom is 0.269 e. The third kappa shape index (κ3) is 1.60. The number of nitrogens with zero attached hydrogens (tertiary/aromatic N) is 1. The van der Waals surface area contributed by atoms with E-state index in [1.807, 2.05) is 6.07 Å². The van der Waals surface area contributed by atoms with Crippen LogP contribution in [0.15, 0.2) is 35.3 Å². The Bertz CT molecular complexity index is 496. The fourth-order valence-corrected chi connectivity index (χ4v) is 2.05. The minimum absolute atomic E-state index is 0.139. The molecule has 1 unspecified atom stereocenters. The second-order valence-corrected chi connectivity index (χ2v) is 3.88. The van der Waals surface area contributed by atoms with E-state index in [4.69, 9.17) is 5.73 Å². The number of carbonyl (C=O) groups is 2. The van der Waals surface area contributed by atoms with Gasteiger partial charge in [0.1, 0.15) is 0 Å². The molecule has 0 saturated carbocycles. The summed E-state index contributed by atoms with van der Waals surface area (Å²) < 4.78 is 0. The topological polar surface area (TPSA) is 84.6 Å². The normalized spacial score (nSPS) is 24.2. The summed E-state index contributed by atoms with van der Waals surface area (Å²) in [7, 11) is 0. The average Bonchev–Trinajstić information content (AvgIpc) is 2.30. The van der Waals surface area contributed by atoms with Gasteiger partial charge in [0.15, 0.2) is 5.41 Å². The molecule has 5 nitrogen and oxygen atoms in total. The second-order valence-electron chi connectivity index (χ2n) is 3.88. The first-order chi connectivity index (χ1) is 8.11. The molecule has 0 spiro atoms. The van der Waals surface area contributed by atoms with Gasteiger partial charge in [-0.1, -0.05) is 37.3 Å². The van der Waals surface area contributed by atoms with Crippen LogP contribution in [0.4, 0.5) is 0 Å². The van der Waals surface area contributed by atoms with Crippen molar-refractivity contribution in [1.29, 1.82) is 0 Å². The highest BCUT2D eigenvalue weighted by Crippen LogP contribution is 2.31. The summed E-state index contributed by atoms with van der Waals surface area (Å²) in [6, 6.07) is 8.90. The van der Waals surface area contributed by atoms with Gasteiger partial charge >= 0.3 is 0 Å². The summed E-state index contributed by atoms with van der Waals surface area (Å²) in [5.41, 5.74) is 4.76. The fraction of sp³-hybridized carbons (Fsp3) is 0.250. The molecule has 88 valence electrons. The summed E-state index contributed by atoms with van der Waals surface area (Å²) >= 11 is 0. The number of aliphatic imine (C=N–C) groups is 1. The van der Waals surface area contributed by atoms with Crippen molar-refractivity contribution in [3.05, 3.63) is 35.9 Å². The van der Waals surface area contributed by atoms with Crippen LogP contribution in [0.3, 0.4) is 0 Å². The van der Waals surface area contributed by atoms with Gasteiger partial charge in [-0.15, -0.1) is 0 Å². The Labute approximate surface area is 98.7 Å². The molecule has 1 aliphatic heterocycles. The van der Waals surface area contributed by atoms with Crippen molar-refractivity contribution in [2.45, 2.75) is 18.8 Å². The SMILES string of the molecule is CCC1(c2ccccc2)C(=O)N=C(N)NC1=O. The largest absolute Gasteiger partial charge is 0.369 e. The Kier molecular flexibility index (Phi) is 2.67. The molecular formula is C12H13N3O2. The van der Waals surface area contributed by atoms with Gasteiger partial charge in [0.05, 0.1) is 0 Å². The number of hydrogen-bond donors (Lipinski definition) is 2. The summed E-state index contributed by atoms with van der Waals surface area (Å²) in [5, 5.41) is 2.42. The van der Waals surface area contributed by atoms with Crippen LogP contribution >= 0.6 is 0 Å². The van der Waals surface area contributed by atoms with E-state index in [0.29, 0.717) is 12.0 Å². The van der Waals surface area contributed by atoms with Crippen LogP contribution in [0, 0.1) is 0 Å². The summed E-state index contributed by atoms with van der Waals surface area (Å²) in [6.07, 6.45) is 0.346. The number of nitrogens with one attached hydrogen (secondary N) is 1. The van der Waals surface area contributed by atoms with Gasteiger partial charge in [0.25, 0.3) is 5.91 Å². The Hall–Kier alpha value is -2.17. The second kappa shape index (κ2) is 4.01. The highest BCUT2D eigenvalue weighted by atomic mass is 16.2. The van der Waals surface area contributed by atoms with Crippen LogP contribution in [-0.2, 0) is 15.0 Å². The van der Waals surface area contributed by atoms with Gasteiger partial charge in [-0.3, -0.25) is 14.9 Å². The zero-order valence-corrected chi connectivity index (χ0v) is 9.43. The molecule has 1 aromatic rings. The van der Waals surface area contributed by atoms with E-state index in [0.717, 1.165) is 0 Å². The number of rotatable bonds is 2. The number of benzene rings is 1. The van der Waals surface area contributed by atoms with Crippen molar-refractivity contribution in [2.24, 2.45) is 10.7 Å². The standard InChI is InChI=1S/C12H13N3O2/c1-2-12(8-6-4-3-5-7-8)9(16)14-11(13)15-10(12)17/h3-7H,2H2,1H3,(H3,13,14,15,16,17). The molecule has 0 bridgehead atoms. The quantitative estimate of drug-likeness (QED) is 0.718. The van der Waals surface area contributed by atoms with E-state index in [1.54, 1.807) is 31.2 Å².